The van der Waals surface area contributed by atoms with Gasteiger partial charge in [-0.25, -0.2) is 4.99 Å². The number of hydrogen-bond acceptors (Lipinski definition) is 9. The lowest BCUT2D eigenvalue weighted by Gasteiger charge is -2.40. The van der Waals surface area contributed by atoms with Crippen LogP contribution in [0.1, 0.15) is 52.9 Å². The van der Waals surface area contributed by atoms with Gasteiger partial charge in [-0.05, 0) is 38.3 Å². The van der Waals surface area contributed by atoms with Gasteiger partial charge in [-0.15, -0.1) is 0 Å². The van der Waals surface area contributed by atoms with Crippen molar-refractivity contribution < 1.29 is 29.2 Å². The number of ether oxygens (including phenoxy) is 4. The number of allylic oxidation sites excluding steroid dienone is 3. The molecule has 0 aliphatic carbocycles. The van der Waals surface area contributed by atoms with Crippen molar-refractivity contribution in [1.82, 2.24) is 5.32 Å². The quantitative estimate of drug-likeness (QED) is 0.133. The fourth-order valence-corrected chi connectivity index (χ4v) is 3.47. The Morgan fingerprint density at radius 1 is 1.18 bits per heavy atom. The van der Waals surface area contributed by atoms with Gasteiger partial charge in [-0.1, -0.05) is 33.3 Å². The molecule has 4 atom stereocenters. The average molecular weight is 484 g/mol. The van der Waals surface area contributed by atoms with Crippen molar-refractivity contribution in [3.63, 3.8) is 0 Å². The molecule has 0 bridgehead atoms. The van der Waals surface area contributed by atoms with Gasteiger partial charge in [-0.2, -0.15) is 0 Å². The van der Waals surface area contributed by atoms with Gasteiger partial charge in [0.2, 0.25) is 0 Å². The monoisotopic (exact) mass is 483 g/mol. The number of rotatable bonds is 18. The molecule has 0 aromatic rings. The predicted octanol–water partition coefficient (Wildman–Crippen LogP) is 2.96. The van der Waals surface area contributed by atoms with Gasteiger partial charge in [0.25, 0.3) is 0 Å². The van der Waals surface area contributed by atoms with Crippen molar-refractivity contribution in [2.75, 3.05) is 39.6 Å². The van der Waals surface area contributed by atoms with Crippen LogP contribution < -0.4 is 11.1 Å². The lowest BCUT2D eigenvalue weighted by Crippen LogP contribution is -2.53. The van der Waals surface area contributed by atoms with Crippen molar-refractivity contribution in [3.8, 4) is 0 Å². The summed E-state index contributed by atoms with van der Waals surface area (Å²) in [6.45, 7) is 12.6. The van der Waals surface area contributed by atoms with Crippen molar-refractivity contribution in [3.05, 3.63) is 36.1 Å². The first-order chi connectivity index (χ1) is 16.4. The Labute approximate surface area is 204 Å². The minimum atomic E-state index is -0.829. The molecule has 0 saturated carbocycles. The third-order valence-corrected chi connectivity index (χ3v) is 5.19. The molecule has 0 radical (unpaired) electrons. The van der Waals surface area contributed by atoms with Gasteiger partial charge < -0.3 is 40.2 Å². The lowest BCUT2D eigenvalue weighted by molar-refractivity contribution is -0.128. The zero-order valence-corrected chi connectivity index (χ0v) is 21.1. The van der Waals surface area contributed by atoms with Crippen molar-refractivity contribution in [2.24, 2.45) is 10.7 Å². The van der Waals surface area contributed by atoms with Crippen LogP contribution in [0.5, 0.6) is 0 Å². The molecule has 1 aliphatic heterocycles. The van der Waals surface area contributed by atoms with Crippen LogP contribution >= 0.6 is 0 Å². The highest BCUT2D eigenvalue weighted by Crippen LogP contribution is 2.27. The predicted molar refractivity (Wildman–Crippen MR) is 135 cm³/mol. The van der Waals surface area contributed by atoms with E-state index >= 15 is 0 Å². The van der Waals surface area contributed by atoms with Crippen LogP contribution in [0.25, 0.3) is 0 Å². The molecule has 0 aromatic carbocycles. The SMILES string of the molecule is C=C(O)[C@H]1O[C@H](CCC)[C@H](NC(=C\CCC)/N=C\C=C(/C)OCCOCCOCCN)C[C@H]1O. The number of nitrogens with two attached hydrogens (primary N) is 1. The van der Waals surface area contributed by atoms with E-state index in [1.165, 1.54) is 0 Å². The van der Waals surface area contributed by atoms with E-state index in [0.717, 1.165) is 37.3 Å². The molecular weight excluding hydrogens is 438 g/mol. The maximum Gasteiger partial charge on any atom is 0.140 e. The first-order valence-corrected chi connectivity index (χ1v) is 12.3. The molecule has 1 saturated heterocycles. The first kappa shape index (κ1) is 30.1. The van der Waals surface area contributed by atoms with E-state index in [4.69, 9.17) is 24.7 Å². The van der Waals surface area contributed by atoms with Crippen LogP contribution in [-0.2, 0) is 18.9 Å². The average Bonchev–Trinajstić information content (AvgIpc) is 2.80. The number of hydrogen-bond donors (Lipinski definition) is 4. The molecule has 5 N–H and O–H groups in total. The van der Waals surface area contributed by atoms with E-state index in [9.17, 15) is 10.2 Å². The molecule has 196 valence electrons. The minimum Gasteiger partial charge on any atom is -0.510 e. The fraction of sp³-hybridized carbons (Fsp3) is 0.720. The first-order valence-electron chi connectivity index (χ1n) is 12.3. The molecule has 9 heteroatoms. The second-order valence-corrected chi connectivity index (χ2v) is 8.22. The summed E-state index contributed by atoms with van der Waals surface area (Å²) in [6, 6.07) is -0.127. The molecule has 9 nitrogen and oxygen atoms in total. The Hall–Kier alpha value is -1.91. The summed E-state index contributed by atoms with van der Waals surface area (Å²) in [5, 5.41) is 23.6. The smallest absolute Gasteiger partial charge is 0.140 e. The molecule has 0 amide bonds. The molecule has 1 rings (SSSR count). The zero-order chi connectivity index (χ0) is 25.2. The van der Waals surface area contributed by atoms with E-state index in [-0.39, 0.29) is 17.9 Å². The summed E-state index contributed by atoms with van der Waals surface area (Å²) in [6.07, 6.45) is 7.79. The van der Waals surface area contributed by atoms with Gasteiger partial charge >= 0.3 is 0 Å². The number of nitrogens with zero attached hydrogens (tertiary/aromatic N) is 1. The molecule has 0 unspecified atom stereocenters. The van der Waals surface area contributed by atoms with Crippen LogP contribution in [0.3, 0.4) is 0 Å². The standard InChI is InChI=1S/C25H45N3O6/c1-5-7-9-24(27-12-10-19(3)33-17-16-32-15-14-31-13-11-26)28-21-18-22(30)25(20(4)29)34-23(21)8-6-2/h9-10,12,21-23,25,28-30H,4-8,11,13-18,26H2,1-3H3/b19-10+,24-9-,27-12-/t21-,22-,23-,25-/m1/s1. The molecule has 34 heavy (non-hydrogen) atoms. The molecule has 1 fully saturated rings. The number of aliphatic hydroxyl groups is 2. The van der Waals surface area contributed by atoms with Crippen LogP contribution in [0.2, 0.25) is 0 Å². The molecule has 1 aliphatic rings. The fourth-order valence-electron chi connectivity index (χ4n) is 3.47. The second-order valence-electron chi connectivity index (χ2n) is 8.22. The summed E-state index contributed by atoms with van der Waals surface area (Å²) in [4.78, 5) is 4.56. The Bertz CT molecular complexity index is 653. The number of unbranched alkanes of at least 4 members (excludes halogenated alkanes) is 1. The highest BCUT2D eigenvalue weighted by atomic mass is 16.5. The largest absolute Gasteiger partial charge is 0.510 e. The molecular formula is C25H45N3O6. The summed E-state index contributed by atoms with van der Waals surface area (Å²) >= 11 is 0. The third kappa shape index (κ3) is 12.5. The lowest BCUT2D eigenvalue weighted by atomic mass is 9.92. The number of aliphatic hydroxyl groups excluding tert-OH is 2. The van der Waals surface area contributed by atoms with E-state index in [0.29, 0.717) is 46.0 Å². The summed E-state index contributed by atoms with van der Waals surface area (Å²) < 4.78 is 22.3. The summed E-state index contributed by atoms with van der Waals surface area (Å²) in [7, 11) is 0. The van der Waals surface area contributed by atoms with E-state index in [2.05, 4.69) is 30.7 Å². The zero-order valence-electron chi connectivity index (χ0n) is 21.1. The Morgan fingerprint density at radius 3 is 2.53 bits per heavy atom. The van der Waals surface area contributed by atoms with Gasteiger partial charge in [0.15, 0.2) is 0 Å². The molecule has 0 spiro atoms. The maximum atomic E-state index is 10.4. The Morgan fingerprint density at radius 2 is 1.88 bits per heavy atom. The summed E-state index contributed by atoms with van der Waals surface area (Å²) in [5.74, 6) is 1.30. The number of aliphatic imine (C=N–C) groups is 1. The molecule has 1 heterocycles. The van der Waals surface area contributed by atoms with Crippen LogP contribution in [-0.4, -0.2) is 80.4 Å². The Kier molecular flexibility index (Phi) is 16.3. The van der Waals surface area contributed by atoms with E-state index in [1.807, 2.05) is 13.0 Å². The van der Waals surface area contributed by atoms with Crippen molar-refractivity contribution >= 4 is 6.21 Å². The van der Waals surface area contributed by atoms with E-state index < -0.39 is 12.2 Å². The van der Waals surface area contributed by atoms with Crippen LogP contribution in [0.4, 0.5) is 0 Å². The highest BCUT2D eigenvalue weighted by Gasteiger charge is 2.38. The van der Waals surface area contributed by atoms with Crippen LogP contribution in [0, 0.1) is 0 Å². The molecule has 0 aromatic heterocycles. The topological polar surface area (TPSA) is 128 Å². The maximum absolute atomic E-state index is 10.4. The van der Waals surface area contributed by atoms with Gasteiger partial charge in [0.1, 0.15) is 24.3 Å². The van der Waals surface area contributed by atoms with Crippen LogP contribution in [0.15, 0.2) is 41.1 Å². The van der Waals surface area contributed by atoms with Crippen molar-refractivity contribution in [1.29, 1.82) is 0 Å². The minimum absolute atomic E-state index is 0.127. The summed E-state index contributed by atoms with van der Waals surface area (Å²) in [5.41, 5.74) is 5.36. The highest BCUT2D eigenvalue weighted by molar-refractivity contribution is 5.72. The normalized spacial score (nSPS) is 23.9. The van der Waals surface area contributed by atoms with Gasteiger partial charge in [-0.3, -0.25) is 0 Å². The van der Waals surface area contributed by atoms with Crippen molar-refractivity contribution in [2.45, 2.75) is 77.2 Å². The van der Waals surface area contributed by atoms with E-state index in [1.54, 1.807) is 12.3 Å². The van der Waals surface area contributed by atoms with Gasteiger partial charge in [0, 0.05) is 12.8 Å². The van der Waals surface area contributed by atoms with Gasteiger partial charge in [0.05, 0.1) is 50.4 Å². The second kappa shape index (κ2) is 18.4. The number of nitrogens with one attached hydrogen (secondary N) is 1. The Balaban J connectivity index is 2.60. The third-order valence-electron chi connectivity index (χ3n) is 5.19.